The molecule has 104 valence electrons. The Labute approximate surface area is 113 Å². The van der Waals surface area contributed by atoms with Crippen LogP contribution in [0, 0.1) is 12.3 Å². The van der Waals surface area contributed by atoms with E-state index in [4.69, 9.17) is 11.5 Å². The predicted octanol–water partition coefficient (Wildman–Crippen LogP) is 2.15. The monoisotopic (exact) mass is 262 g/mol. The first-order valence-electron chi connectivity index (χ1n) is 6.74. The van der Waals surface area contributed by atoms with Crippen LogP contribution < -0.4 is 11.5 Å². The van der Waals surface area contributed by atoms with Crippen molar-refractivity contribution in [3.63, 3.8) is 0 Å². The number of primary amides is 1. The molecule has 0 saturated heterocycles. The summed E-state index contributed by atoms with van der Waals surface area (Å²) in [7, 11) is 0. The molecule has 1 aliphatic rings. The van der Waals surface area contributed by atoms with E-state index in [2.05, 4.69) is 23.8 Å². The van der Waals surface area contributed by atoms with Crippen molar-refractivity contribution in [2.45, 2.75) is 52.4 Å². The van der Waals surface area contributed by atoms with Crippen molar-refractivity contribution in [3.05, 3.63) is 17.1 Å². The Hall–Kier alpha value is -1.65. The van der Waals surface area contributed by atoms with Crippen LogP contribution in [0.3, 0.4) is 0 Å². The van der Waals surface area contributed by atoms with E-state index in [1.54, 1.807) is 6.92 Å². The molecule has 1 amide bonds. The standard InChI is InChI=1S/C14H22N4O/c1-8-10(12(16)19)11(15)18-13(17-8)9-4-6-14(2,3)7-5-9/h9H,4-7H2,1-3H3,(H2,16,19)(H2,15,17,18). The highest BCUT2D eigenvalue weighted by Gasteiger charge is 2.29. The third-order valence-corrected chi connectivity index (χ3v) is 4.09. The SMILES string of the molecule is Cc1nc(C2CCC(C)(C)CC2)nc(N)c1C(N)=O. The molecule has 2 rings (SSSR count). The molecule has 5 heteroatoms. The van der Waals surface area contributed by atoms with E-state index in [1.807, 2.05) is 0 Å². The van der Waals surface area contributed by atoms with Gasteiger partial charge in [-0.15, -0.1) is 0 Å². The first-order chi connectivity index (χ1) is 8.80. The molecule has 0 atom stereocenters. The van der Waals surface area contributed by atoms with Crippen LogP contribution >= 0.6 is 0 Å². The van der Waals surface area contributed by atoms with Gasteiger partial charge in [0.15, 0.2) is 0 Å². The summed E-state index contributed by atoms with van der Waals surface area (Å²) >= 11 is 0. The number of carbonyl (C=O) groups is 1. The van der Waals surface area contributed by atoms with Crippen LogP contribution in [0.25, 0.3) is 0 Å². The second-order valence-electron chi connectivity index (χ2n) is 6.23. The molecule has 0 aromatic carbocycles. The van der Waals surface area contributed by atoms with Crippen LogP contribution in [0.2, 0.25) is 0 Å². The topological polar surface area (TPSA) is 94.9 Å². The summed E-state index contributed by atoms with van der Waals surface area (Å²) in [6.45, 7) is 6.34. The minimum Gasteiger partial charge on any atom is -0.383 e. The number of hydrogen-bond donors (Lipinski definition) is 2. The van der Waals surface area contributed by atoms with Gasteiger partial charge in [-0.3, -0.25) is 4.79 Å². The van der Waals surface area contributed by atoms with Gasteiger partial charge in [0.25, 0.3) is 5.91 Å². The van der Waals surface area contributed by atoms with E-state index >= 15 is 0 Å². The zero-order valence-electron chi connectivity index (χ0n) is 11.9. The molecule has 0 spiro atoms. The van der Waals surface area contributed by atoms with Gasteiger partial charge < -0.3 is 11.5 Å². The van der Waals surface area contributed by atoms with Crippen LogP contribution in [0.1, 0.15) is 67.3 Å². The minimum absolute atomic E-state index is 0.208. The van der Waals surface area contributed by atoms with Crippen molar-refractivity contribution in [1.29, 1.82) is 0 Å². The summed E-state index contributed by atoms with van der Waals surface area (Å²) in [5, 5.41) is 0. The van der Waals surface area contributed by atoms with Gasteiger partial charge in [0.05, 0.1) is 5.69 Å². The highest BCUT2D eigenvalue weighted by atomic mass is 16.1. The van der Waals surface area contributed by atoms with Gasteiger partial charge in [0.2, 0.25) is 0 Å². The molecule has 1 aromatic heterocycles. The van der Waals surface area contributed by atoms with Gasteiger partial charge in [-0.2, -0.15) is 0 Å². The lowest BCUT2D eigenvalue weighted by Crippen LogP contribution is -2.23. The Morgan fingerprint density at radius 1 is 1.26 bits per heavy atom. The van der Waals surface area contributed by atoms with Crippen LogP contribution in [0.4, 0.5) is 5.82 Å². The van der Waals surface area contributed by atoms with E-state index < -0.39 is 5.91 Å². The molecule has 1 fully saturated rings. The highest BCUT2D eigenvalue weighted by molar-refractivity contribution is 5.98. The van der Waals surface area contributed by atoms with Crippen LogP contribution in [-0.2, 0) is 0 Å². The number of carbonyl (C=O) groups excluding carboxylic acids is 1. The smallest absolute Gasteiger partial charge is 0.254 e. The molecule has 0 bridgehead atoms. The number of amides is 1. The molecule has 1 heterocycles. The summed E-state index contributed by atoms with van der Waals surface area (Å²) < 4.78 is 0. The Morgan fingerprint density at radius 3 is 2.32 bits per heavy atom. The average Bonchev–Trinajstić information content (AvgIpc) is 2.27. The van der Waals surface area contributed by atoms with Crippen molar-refractivity contribution in [3.8, 4) is 0 Å². The molecule has 0 aliphatic heterocycles. The maximum absolute atomic E-state index is 11.3. The third-order valence-electron chi connectivity index (χ3n) is 4.09. The fourth-order valence-corrected chi connectivity index (χ4v) is 2.76. The lowest BCUT2D eigenvalue weighted by Gasteiger charge is -2.33. The molecular weight excluding hydrogens is 240 g/mol. The quantitative estimate of drug-likeness (QED) is 0.853. The lowest BCUT2D eigenvalue weighted by atomic mass is 9.73. The van der Waals surface area contributed by atoms with E-state index in [9.17, 15) is 4.79 Å². The van der Waals surface area contributed by atoms with Gasteiger partial charge in [0, 0.05) is 5.92 Å². The molecule has 5 nitrogen and oxygen atoms in total. The molecule has 4 N–H and O–H groups in total. The van der Waals surface area contributed by atoms with Crippen molar-refractivity contribution < 1.29 is 4.79 Å². The summed E-state index contributed by atoms with van der Waals surface area (Å²) in [6.07, 6.45) is 4.47. The number of hydrogen-bond acceptors (Lipinski definition) is 4. The highest BCUT2D eigenvalue weighted by Crippen LogP contribution is 2.41. The Balaban J connectivity index is 2.26. The Bertz CT molecular complexity index is 477. The zero-order valence-corrected chi connectivity index (χ0v) is 11.9. The lowest BCUT2D eigenvalue weighted by molar-refractivity contribution is 0.1000. The van der Waals surface area contributed by atoms with Crippen molar-refractivity contribution in [1.82, 2.24) is 9.97 Å². The van der Waals surface area contributed by atoms with E-state index in [1.165, 1.54) is 0 Å². The third kappa shape index (κ3) is 2.85. The summed E-state index contributed by atoms with van der Waals surface area (Å²) in [4.78, 5) is 20.0. The van der Waals surface area contributed by atoms with Crippen LogP contribution in [0.5, 0.6) is 0 Å². The Morgan fingerprint density at radius 2 is 1.84 bits per heavy atom. The number of aromatic nitrogens is 2. The molecule has 1 saturated carbocycles. The van der Waals surface area contributed by atoms with Crippen molar-refractivity contribution >= 4 is 11.7 Å². The van der Waals surface area contributed by atoms with Gasteiger partial charge in [-0.05, 0) is 38.0 Å². The molecule has 1 aliphatic carbocycles. The molecule has 0 unspecified atom stereocenters. The van der Waals surface area contributed by atoms with Crippen LogP contribution in [0.15, 0.2) is 0 Å². The number of nitrogens with zero attached hydrogens (tertiary/aromatic N) is 2. The number of rotatable bonds is 2. The van der Waals surface area contributed by atoms with E-state index in [0.717, 1.165) is 31.5 Å². The molecule has 0 radical (unpaired) electrons. The van der Waals surface area contributed by atoms with E-state index in [0.29, 0.717) is 17.0 Å². The van der Waals surface area contributed by atoms with Gasteiger partial charge in [0.1, 0.15) is 17.2 Å². The largest absolute Gasteiger partial charge is 0.383 e. The minimum atomic E-state index is -0.564. The molecule has 19 heavy (non-hydrogen) atoms. The first-order valence-corrected chi connectivity index (χ1v) is 6.74. The Kier molecular flexibility index (Phi) is 3.47. The number of aryl methyl sites for hydroxylation is 1. The van der Waals surface area contributed by atoms with Gasteiger partial charge in [-0.25, -0.2) is 9.97 Å². The molecule has 1 aromatic rings. The number of nitrogens with two attached hydrogens (primary N) is 2. The maximum atomic E-state index is 11.3. The normalized spacial score (nSPS) is 19.3. The summed E-state index contributed by atoms with van der Waals surface area (Å²) in [6, 6.07) is 0. The first kappa shape index (κ1) is 13.8. The average molecular weight is 262 g/mol. The van der Waals surface area contributed by atoms with Crippen LogP contribution in [-0.4, -0.2) is 15.9 Å². The predicted molar refractivity (Wildman–Crippen MR) is 74.7 cm³/mol. The zero-order chi connectivity index (χ0) is 14.2. The number of anilines is 1. The molecular formula is C14H22N4O. The van der Waals surface area contributed by atoms with Gasteiger partial charge >= 0.3 is 0 Å². The van der Waals surface area contributed by atoms with E-state index in [-0.39, 0.29) is 11.4 Å². The second kappa shape index (κ2) is 4.79. The maximum Gasteiger partial charge on any atom is 0.254 e. The fraction of sp³-hybridized carbons (Fsp3) is 0.643. The summed E-state index contributed by atoms with van der Waals surface area (Å²) in [5.41, 5.74) is 12.4. The second-order valence-corrected chi connectivity index (χ2v) is 6.23. The van der Waals surface area contributed by atoms with Gasteiger partial charge in [-0.1, -0.05) is 13.8 Å². The summed E-state index contributed by atoms with van der Waals surface area (Å²) in [5.74, 6) is 0.748. The number of nitrogen functional groups attached to an aromatic ring is 1. The van der Waals surface area contributed by atoms with Crippen molar-refractivity contribution in [2.75, 3.05) is 5.73 Å². The van der Waals surface area contributed by atoms with Crippen molar-refractivity contribution in [2.24, 2.45) is 11.1 Å². The fourth-order valence-electron chi connectivity index (χ4n) is 2.76.